The number of hydrogen-bond acceptors (Lipinski definition) is 4. The number of carbonyl (C=O) groups excluding carboxylic acids is 2. The minimum atomic E-state index is -0.539. The Bertz CT molecular complexity index is 832. The van der Waals surface area contributed by atoms with Crippen molar-refractivity contribution in [3.63, 3.8) is 0 Å². The number of nitrogens with one attached hydrogen (secondary N) is 1. The third-order valence-electron chi connectivity index (χ3n) is 6.82. The summed E-state index contributed by atoms with van der Waals surface area (Å²) in [6.07, 6.45) is 3.08. The Morgan fingerprint density at radius 3 is 2.60 bits per heavy atom. The molecule has 2 saturated heterocycles. The van der Waals surface area contributed by atoms with Crippen LogP contribution in [0.15, 0.2) is 18.2 Å². The van der Waals surface area contributed by atoms with Gasteiger partial charge in [-0.15, -0.1) is 0 Å². The maximum absolute atomic E-state index is 12.8. The van der Waals surface area contributed by atoms with Crippen LogP contribution in [0.3, 0.4) is 0 Å². The van der Waals surface area contributed by atoms with Crippen molar-refractivity contribution in [1.82, 2.24) is 14.7 Å². The van der Waals surface area contributed by atoms with Crippen molar-refractivity contribution < 1.29 is 14.7 Å². The van der Waals surface area contributed by atoms with Crippen molar-refractivity contribution >= 4 is 40.8 Å². The first-order chi connectivity index (χ1) is 14.3. The molecule has 1 spiro atoms. The Balaban J connectivity index is 1.28. The van der Waals surface area contributed by atoms with Crippen LogP contribution in [0.2, 0.25) is 10.0 Å². The van der Waals surface area contributed by atoms with Crippen LogP contribution in [0.5, 0.6) is 0 Å². The van der Waals surface area contributed by atoms with Gasteiger partial charge in [-0.25, -0.2) is 4.79 Å². The van der Waals surface area contributed by atoms with E-state index in [9.17, 15) is 14.7 Å². The number of rotatable bonds is 4. The van der Waals surface area contributed by atoms with Crippen LogP contribution in [0.25, 0.3) is 0 Å². The minimum absolute atomic E-state index is 0.0539. The molecule has 2 atom stereocenters. The van der Waals surface area contributed by atoms with Gasteiger partial charge >= 0.3 is 6.03 Å². The molecule has 2 unspecified atom stereocenters. The second-order valence-corrected chi connectivity index (χ2v) is 9.50. The van der Waals surface area contributed by atoms with Crippen molar-refractivity contribution in [2.75, 3.05) is 44.6 Å². The molecule has 9 heteroatoms. The summed E-state index contributed by atoms with van der Waals surface area (Å²) in [5.41, 5.74) is 0.724. The van der Waals surface area contributed by atoms with Gasteiger partial charge in [-0.05, 0) is 56.3 Å². The molecule has 3 fully saturated rings. The van der Waals surface area contributed by atoms with Crippen molar-refractivity contribution in [2.24, 2.45) is 5.41 Å². The van der Waals surface area contributed by atoms with Crippen LogP contribution in [-0.2, 0) is 4.79 Å². The van der Waals surface area contributed by atoms with Crippen LogP contribution >= 0.6 is 23.2 Å². The van der Waals surface area contributed by atoms with Crippen LogP contribution in [-0.4, -0.2) is 83.2 Å². The van der Waals surface area contributed by atoms with Crippen LogP contribution in [0.1, 0.15) is 26.2 Å². The minimum Gasteiger partial charge on any atom is -0.391 e. The number of amides is 3. The highest BCUT2D eigenvalue weighted by atomic mass is 35.5. The summed E-state index contributed by atoms with van der Waals surface area (Å²) in [6, 6.07) is 4.01. The van der Waals surface area contributed by atoms with E-state index in [1.54, 1.807) is 30.0 Å². The summed E-state index contributed by atoms with van der Waals surface area (Å²) in [4.78, 5) is 31.1. The van der Waals surface area contributed by atoms with Gasteiger partial charge in [0.2, 0.25) is 5.91 Å². The molecular weight excluding hydrogens is 427 g/mol. The molecule has 7 nitrogen and oxygen atoms in total. The molecule has 164 valence electrons. The van der Waals surface area contributed by atoms with Gasteiger partial charge in [-0.2, -0.15) is 0 Å². The SMILES string of the molecule is CC1C(=O)N(CCN2CCC3(CC3)C(O)C2)CCN1C(=O)Nc1ccc(Cl)c(Cl)c1. The van der Waals surface area contributed by atoms with E-state index in [4.69, 9.17) is 23.2 Å². The molecule has 0 bridgehead atoms. The van der Waals surface area contributed by atoms with Crippen LogP contribution in [0.4, 0.5) is 10.5 Å². The molecule has 2 N–H and O–H groups in total. The Kier molecular flexibility index (Phi) is 6.17. The highest BCUT2D eigenvalue weighted by Crippen LogP contribution is 2.53. The first-order valence-electron chi connectivity index (χ1n) is 10.5. The normalized spacial score (nSPS) is 26.2. The molecule has 1 aliphatic carbocycles. The molecule has 1 aromatic rings. The van der Waals surface area contributed by atoms with Gasteiger partial charge in [0.15, 0.2) is 0 Å². The van der Waals surface area contributed by atoms with E-state index in [1.165, 1.54) is 0 Å². The number of nitrogens with zero attached hydrogens (tertiary/aromatic N) is 3. The molecule has 3 amide bonds. The predicted octanol–water partition coefficient (Wildman–Crippen LogP) is 2.90. The number of aliphatic hydroxyl groups excluding tert-OH is 1. The van der Waals surface area contributed by atoms with Crippen LogP contribution < -0.4 is 5.32 Å². The summed E-state index contributed by atoms with van der Waals surface area (Å²) >= 11 is 11.9. The molecule has 1 aromatic carbocycles. The lowest BCUT2D eigenvalue weighted by molar-refractivity contribution is -0.139. The standard InChI is InChI=1S/C21H28Cl2N4O3/c1-14-19(29)26(9-8-25-7-6-21(4-5-21)18(28)13-25)10-11-27(14)20(30)24-15-2-3-16(22)17(23)12-15/h2-3,12,14,18,28H,4-11,13H2,1H3,(H,24,30). The Hall–Kier alpha value is -1.54. The number of aliphatic hydroxyl groups is 1. The van der Waals surface area contributed by atoms with Gasteiger partial charge in [0, 0.05) is 38.4 Å². The topological polar surface area (TPSA) is 76.1 Å². The fraction of sp³-hybridized carbons (Fsp3) is 0.619. The van der Waals surface area contributed by atoms with Crippen LogP contribution in [0, 0.1) is 5.41 Å². The van der Waals surface area contributed by atoms with Gasteiger partial charge in [0.1, 0.15) is 6.04 Å². The zero-order valence-electron chi connectivity index (χ0n) is 17.1. The lowest BCUT2D eigenvalue weighted by Gasteiger charge is -2.41. The first kappa shape index (κ1) is 21.7. The Morgan fingerprint density at radius 2 is 1.93 bits per heavy atom. The molecule has 4 rings (SSSR count). The molecule has 0 aromatic heterocycles. The van der Waals surface area contributed by atoms with E-state index >= 15 is 0 Å². The number of benzene rings is 1. The van der Waals surface area contributed by atoms with Gasteiger partial charge < -0.3 is 20.2 Å². The number of anilines is 1. The molecule has 30 heavy (non-hydrogen) atoms. The smallest absolute Gasteiger partial charge is 0.322 e. The van der Waals surface area contributed by atoms with E-state index in [2.05, 4.69) is 10.2 Å². The Morgan fingerprint density at radius 1 is 1.17 bits per heavy atom. The fourth-order valence-corrected chi connectivity index (χ4v) is 4.78. The van der Waals surface area contributed by atoms with Gasteiger partial charge in [0.05, 0.1) is 16.1 Å². The van der Waals surface area contributed by atoms with E-state index < -0.39 is 6.04 Å². The average Bonchev–Trinajstić information content (AvgIpc) is 3.49. The zero-order valence-corrected chi connectivity index (χ0v) is 18.6. The van der Waals surface area contributed by atoms with Gasteiger partial charge in [-0.1, -0.05) is 23.2 Å². The van der Waals surface area contributed by atoms with Crippen molar-refractivity contribution in [1.29, 1.82) is 0 Å². The van der Waals surface area contributed by atoms with E-state index in [-0.39, 0.29) is 23.5 Å². The monoisotopic (exact) mass is 454 g/mol. The third-order valence-corrected chi connectivity index (χ3v) is 7.56. The first-order valence-corrected chi connectivity index (χ1v) is 11.3. The summed E-state index contributed by atoms with van der Waals surface area (Å²) in [5, 5.41) is 13.9. The van der Waals surface area contributed by atoms with Crippen molar-refractivity contribution in [3.8, 4) is 0 Å². The average molecular weight is 455 g/mol. The summed E-state index contributed by atoms with van der Waals surface area (Å²) in [7, 11) is 0. The Labute approximate surface area is 186 Å². The summed E-state index contributed by atoms with van der Waals surface area (Å²) in [6.45, 7) is 5.75. The quantitative estimate of drug-likeness (QED) is 0.732. The third kappa shape index (κ3) is 4.40. The number of piperidine rings is 1. The lowest BCUT2D eigenvalue weighted by Crippen LogP contribution is -2.59. The molecule has 3 aliphatic rings. The van der Waals surface area contributed by atoms with Crippen molar-refractivity contribution in [3.05, 3.63) is 28.2 Å². The van der Waals surface area contributed by atoms with E-state index in [0.29, 0.717) is 41.9 Å². The number of hydrogen-bond donors (Lipinski definition) is 2. The van der Waals surface area contributed by atoms with E-state index in [0.717, 1.165) is 32.4 Å². The van der Waals surface area contributed by atoms with Crippen molar-refractivity contribution in [2.45, 2.75) is 38.3 Å². The molecule has 2 aliphatic heterocycles. The number of urea groups is 1. The number of likely N-dealkylation sites (tertiary alicyclic amines) is 1. The summed E-state index contributed by atoms with van der Waals surface area (Å²) < 4.78 is 0. The zero-order chi connectivity index (χ0) is 21.5. The largest absolute Gasteiger partial charge is 0.391 e. The maximum Gasteiger partial charge on any atom is 0.322 e. The highest BCUT2D eigenvalue weighted by Gasteiger charge is 2.51. The predicted molar refractivity (Wildman–Crippen MR) is 117 cm³/mol. The van der Waals surface area contributed by atoms with E-state index in [1.807, 2.05) is 4.90 Å². The molecular formula is C21H28Cl2N4O3. The number of carbonyl (C=O) groups is 2. The van der Waals surface area contributed by atoms with Gasteiger partial charge in [0.25, 0.3) is 0 Å². The molecule has 1 saturated carbocycles. The number of β-amino-alcohol motifs (C(OH)–C–C–N with tert-alkyl or cyclic N) is 1. The second kappa shape index (κ2) is 8.54. The van der Waals surface area contributed by atoms with Gasteiger partial charge in [-0.3, -0.25) is 9.69 Å². The number of halogens is 2. The molecule has 0 radical (unpaired) electrons. The number of piperazine rings is 1. The summed E-state index contributed by atoms with van der Waals surface area (Å²) in [5.74, 6) is -0.0539. The second-order valence-electron chi connectivity index (χ2n) is 8.68. The highest BCUT2D eigenvalue weighted by molar-refractivity contribution is 6.42. The lowest BCUT2D eigenvalue weighted by atomic mass is 9.90. The molecule has 2 heterocycles. The fourth-order valence-electron chi connectivity index (χ4n) is 4.48. The maximum atomic E-state index is 12.8.